The summed E-state index contributed by atoms with van der Waals surface area (Å²) in [6, 6.07) is 18.5. The Morgan fingerprint density at radius 1 is 1.06 bits per heavy atom. The maximum Gasteiger partial charge on any atom is 0.276 e. The first-order valence-corrected chi connectivity index (χ1v) is 10.6. The van der Waals surface area contributed by atoms with E-state index in [1.165, 1.54) is 10.6 Å². The Labute approximate surface area is 188 Å². The van der Waals surface area contributed by atoms with Crippen LogP contribution >= 0.6 is 0 Å². The Morgan fingerprint density at radius 3 is 2.38 bits per heavy atom. The van der Waals surface area contributed by atoms with Gasteiger partial charge in [-0.05, 0) is 61.4 Å². The van der Waals surface area contributed by atoms with E-state index in [0.717, 1.165) is 35.7 Å². The van der Waals surface area contributed by atoms with E-state index in [9.17, 15) is 9.59 Å². The van der Waals surface area contributed by atoms with Crippen LogP contribution < -0.4 is 20.6 Å². The molecule has 0 aliphatic heterocycles. The molecule has 0 saturated carbocycles. The van der Waals surface area contributed by atoms with Gasteiger partial charge >= 0.3 is 0 Å². The molecule has 32 heavy (non-hydrogen) atoms. The molecule has 1 aromatic heterocycles. The summed E-state index contributed by atoms with van der Waals surface area (Å²) in [6.45, 7) is 6.46. The second-order valence-corrected chi connectivity index (χ2v) is 7.17. The third-order valence-electron chi connectivity index (χ3n) is 5.18. The fraction of sp³-hybridized carbons (Fsp3) is 0.240. The number of hydrogen-bond acceptors (Lipinski definition) is 5. The van der Waals surface area contributed by atoms with Gasteiger partial charge in [-0.2, -0.15) is 5.10 Å². The van der Waals surface area contributed by atoms with Crippen LogP contribution in [0.2, 0.25) is 0 Å². The van der Waals surface area contributed by atoms with Crippen LogP contribution in [0.25, 0.3) is 0 Å². The van der Waals surface area contributed by atoms with E-state index >= 15 is 0 Å². The van der Waals surface area contributed by atoms with E-state index in [-0.39, 0.29) is 11.1 Å². The number of nitrogens with zero attached hydrogens (tertiary/aromatic N) is 3. The molecule has 0 radical (unpaired) electrons. The van der Waals surface area contributed by atoms with Crippen molar-refractivity contribution in [1.82, 2.24) is 9.99 Å². The lowest BCUT2D eigenvalue weighted by molar-refractivity contribution is 0.0953. The predicted octanol–water partition coefficient (Wildman–Crippen LogP) is 3.52. The highest BCUT2D eigenvalue weighted by molar-refractivity contribution is 5.94. The zero-order valence-corrected chi connectivity index (χ0v) is 18.6. The molecule has 3 aromatic rings. The first-order chi connectivity index (χ1) is 15.5. The fourth-order valence-corrected chi connectivity index (χ4v) is 3.35. The molecule has 2 aromatic carbocycles. The van der Waals surface area contributed by atoms with Crippen LogP contribution in [-0.4, -0.2) is 36.9 Å². The first kappa shape index (κ1) is 22.8. The van der Waals surface area contributed by atoms with Crippen LogP contribution in [0.1, 0.15) is 35.3 Å². The Hall–Kier alpha value is -3.87. The SMILES string of the molecule is CCN(CC)c1ccc(/C=N\NC(=O)c2cccn(Cc3ccc(OC)cc3)c2=O)cc1. The zero-order chi connectivity index (χ0) is 22.9. The van der Waals surface area contributed by atoms with Gasteiger partial charge in [0.15, 0.2) is 0 Å². The largest absolute Gasteiger partial charge is 0.497 e. The Kier molecular flexibility index (Phi) is 7.80. The number of ether oxygens (including phenoxy) is 1. The molecule has 1 N–H and O–H groups in total. The monoisotopic (exact) mass is 432 g/mol. The highest BCUT2D eigenvalue weighted by Crippen LogP contribution is 2.14. The molecule has 1 heterocycles. The fourth-order valence-electron chi connectivity index (χ4n) is 3.35. The van der Waals surface area contributed by atoms with Gasteiger partial charge in [-0.1, -0.05) is 24.3 Å². The quantitative estimate of drug-likeness (QED) is 0.415. The first-order valence-electron chi connectivity index (χ1n) is 10.6. The summed E-state index contributed by atoms with van der Waals surface area (Å²) in [4.78, 5) is 27.5. The van der Waals surface area contributed by atoms with E-state index in [4.69, 9.17) is 4.74 Å². The Morgan fingerprint density at radius 2 is 1.75 bits per heavy atom. The topological polar surface area (TPSA) is 75.9 Å². The number of aromatic nitrogens is 1. The van der Waals surface area contributed by atoms with Gasteiger partial charge in [0.05, 0.1) is 19.9 Å². The number of carbonyl (C=O) groups excluding carboxylic acids is 1. The number of carbonyl (C=O) groups is 1. The van der Waals surface area contributed by atoms with Gasteiger partial charge in [0.2, 0.25) is 0 Å². The van der Waals surface area contributed by atoms with Crippen molar-refractivity contribution in [1.29, 1.82) is 0 Å². The van der Waals surface area contributed by atoms with Gasteiger partial charge in [0.1, 0.15) is 11.3 Å². The van der Waals surface area contributed by atoms with Crippen molar-refractivity contribution >= 4 is 17.8 Å². The van der Waals surface area contributed by atoms with E-state index in [1.54, 1.807) is 25.6 Å². The molecule has 0 unspecified atom stereocenters. The lowest BCUT2D eigenvalue weighted by Gasteiger charge is -2.20. The Balaban J connectivity index is 1.66. The van der Waals surface area contributed by atoms with Crippen molar-refractivity contribution in [2.24, 2.45) is 5.10 Å². The molecule has 7 heteroatoms. The van der Waals surface area contributed by atoms with E-state index in [0.29, 0.717) is 6.54 Å². The second-order valence-electron chi connectivity index (χ2n) is 7.17. The second kappa shape index (κ2) is 10.9. The summed E-state index contributed by atoms with van der Waals surface area (Å²) in [7, 11) is 1.60. The molecule has 0 spiro atoms. The standard InChI is InChI=1S/C25H28N4O3/c1-4-28(5-2)21-12-8-19(9-13-21)17-26-27-24(30)23-7-6-16-29(25(23)31)18-20-10-14-22(32-3)15-11-20/h6-17H,4-5,18H2,1-3H3,(H,27,30)/b26-17-. The molecule has 0 aliphatic rings. The number of rotatable bonds is 9. The summed E-state index contributed by atoms with van der Waals surface area (Å²) in [6.07, 6.45) is 3.22. The van der Waals surface area contributed by atoms with Gasteiger partial charge in [0.25, 0.3) is 11.5 Å². The molecule has 7 nitrogen and oxygen atoms in total. The number of amides is 1. The number of nitrogens with one attached hydrogen (secondary N) is 1. The van der Waals surface area contributed by atoms with Gasteiger partial charge in [0, 0.05) is 25.0 Å². The molecule has 0 atom stereocenters. The van der Waals surface area contributed by atoms with Crippen molar-refractivity contribution < 1.29 is 9.53 Å². The van der Waals surface area contributed by atoms with Crippen LogP contribution in [0.5, 0.6) is 5.75 Å². The zero-order valence-electron chi connectivity index (χ0n) is 18.6. The van der Waals surface area contributed by atoms with Gasteiger partial charge in [-0.15, -0.1) is 0 Å². The molecular formula is C25H28N4O3. The van der Waals surface area contributed by atoms with Crippen molar-refractivity contribution in [2.75, 3.05) is 25.1 Å². The lowest BCUT2D eigenvalue weighted by Crippen LogP contribution is -2.30. The summed E-state index contributed by atoms with van der Waals surface area (Å²) in [5.41, 5.74) is 5.02. The number of hydrazone groups is 1. The summed E-state index contributed by atoms with van der Waals surface area (Å²) in [5, 5.41) is 4.01. The summed E-state index contributed by atoms with van der Waals surface area (Å²) >= 11 is 0. The van der Waals surface area contributed by atoms with E-state index < -0.39 is 5.91 Å². The van der Waals surface area contributed by atoms with Crippen LogP contribution in [-0.2, 0) is 6.54 Å². The smallest absolute Gasteiger partial charge is 0.276 e. The number of methoxy groups -OCH3 is 1. The molecule has 166 valence electrons. The third-order valence-corrected chi connectivity index (χ3v) is 5.18. The van der Waals surface area contributed by atoms with E-state index in [1.807, 2.05) is 48.5 Å². The van der Waals surface area contributed by atoms with Crippen molar-refractivity contribution in [2.45, 2.75) is 20.4 Å². The predicted molar refractivity (Wildman–Crippen MR) is 128 cm³/mol. The van der Waals surface area contributed by atoms with Crippen molar-refractivity contribution in [3.05, 3.63) is 93.9 Å². The van der Waals surface area contributed by atoms with Gasteiger partial charge < -0.3 is 14.2 Å². The molecule has 0 bridgehead atoms. The highest BCUT2D eigenvalue weighted by atomic mass is 16.5. The molecular weight excluding hydrogens is 404 g/mol. The number of anilines is 1. The minimum Gasteiger partial charge on any atom is -0.497 e. The van der Waals surface area contributed by atoms with Gasteiger partial charge in [-0.3, -0.25) is 9.59 Å². The van der Waals surface area contributed by atoms with Crippen LogP contribution in [0.4, 0.5) is 5.69 Å². The average Bonchev–Trinajstić information content (AvgIpc) is 2.82. The van der Waals surface area contributed by atoms with E-state index in [2.05, 4.69) is 29.3 Å². The maximum atomic E-state index is 12.8. The van der Waals surface area contributed by atoms with Crippen LogP contribution in [0, 0.1) is 0 Å². The van der Waals surface area contributed by atoms with Crippen molar-refractivity contribution in [3.63, 3.8) is 0 Å². The minimum atomic E-state index is -0.546. The minimum absolute atomic E-state index is 0.0371. The molecule has 3 rings (SSSR count). The molecule has 1 amide bonds. The Bertz CT molecular complexity index is 1120. The number of hydrogen-bond donors (Lipinski definition) is 1. The average molecular weight is 433 g/mol. The molecule has 0 saturated heterocycles. The molecule has 0 fully saturated rings. The maximum absolute atomic E-state index is 12.8. The third kappa shape index (κ3) is 5.63. The summed E-state index contributed by atoms with van der Waals surface area (Å²) in [5.74, 6) is 0.199. The number of benzene rings is 2. The van der Waals surface area contributed by atoms with Gasteiger partial charge in [-0.25, -0.2) is 5.43 Å². The number of pyridine rings is 1. The van der Waals surface area contributed by atoms with Crippen LogP contribution in [0.3, 0.4) is 0 Å². The van der Waals surface area contributed by atoms with Crippen molar-refractivity contribution in [3.8, 4) is 5.75 Å². The lowest BCUT2D eigenvalue weighted by atomic mass is 10.2. The molecule has 0 aliphatic carbocycles. The summed E-state index contributed by atoms with van der Waals surface area (Å²) < 4.78 is 6.65. The van der Waals surface area contributed by atoms with Crippen LogP contribution in [0.15, 0.2) is 76.8 Å². The normalized spacial score (nSPS) is 10.8. The highest BCUT2D eigenvalue weighted by Gasteiger charge is 2.11.